The molecule has 0 bridgehead atoms. The van der Waals surface area contributed by atoms with Gasteiger partial charge in [-0.05, 0) is 56.3 Å². The van der Waals surface area contributed by atoms with Gasteiger partial charge in [0.15, 0.2) is 64.1 Å². The fourth-order valence-electron chi connectivity index (χ4n) is 6.10. The maximum absolute atomic E-state index is 12.5. The zero-order chi connectivity index (χ0) is 55.3. The van der Waals surface area contributed by atoms with Crippen LogP contribution >= 0.6 is 46.4 Å². The first-order valence-electron chi connectivity index (χ1n) is 23.4. The fourth-order valence-corrected chi connectivity index (χ4v) is 7.07. The maximum Gasteiger partial charge on any atom is 0.354 e. The summed E-state index contributed by atoms with van der Waals surface area (Å²) in [5, 5.41) is 43.4. The number of aromatic carboxylic acids is 1. The molecule has 6 aromatic heterocycles. The van der Waals surface area contributed by atoms with E-state index in [1.54, 1.807) is 44.9 Å². The molecule has 3 fully saturated rings. The van der Waals surface area contributed by atoms with E-state index in [4.69, 9.17) is 105 Å². The molecule has 6 aromatic rings. The van der Waals surface area contributed by atoms with Crippen molar-refractivity contribution in [1.82, 2.24) is 24.7 Å². The third kappa shape index (κ3) is 20.5. The number of aliphatic hydroxyl groups excluding tert-OH is 2. The van der Waals surface area contributed by atoms with Crippen molar-refractivity contribution in [2.75, 3.05) is 48.3 Å². The Hall–Kier alpha value is -6.92. The van der Waals surface area contributed by atoms with Gasteiger partial charge in [0.2, 0.25) is 5.43 Å². The molecule has 0 unspecified atom stereocenters. The van der Waals surface area contributed by atoms with Crippen molar-refractivity contribution in [2.24, 2.45) is 17.8 Å². The molecule has 416 valence electrons. The number of pyridine rings is 6. The molecule has 8 N–H and O–H groups in total. The quantitative estimate of drug-likeness (QED) is 0.0336. The Morgan fingerprint density at radius 1 is 0.662 bits per heavy atom. The fraction of sp³-hybridized carbons (Fsp3) is 0.373. The van der Waals surface area contributed by atoms with Gasteiger partial charge < -0.3 is 64.1 Å². The number of nitrogens with zero attached hydrogens (tertiary/aromatic N) is 4. The molecule has 0 atom stereocenters. The Morgan fingerprint density at radius 3 is 1.52 bits per heavy atom. The summed E-state index contributed by atoms with van der Waals surface area (Å²) in [6.45, 7) is 1.72. The van der Waals surface area contributed by atoms with Crippen LogP contribution in [0.1, 0.15) is 76.5 Å². The number of aliphatic hydroxyl groups is 2. The summed E-state index contributed by atoms with van der Waals surface area (Å²) >= 11 is 23.1. The second-order valence-corrected chi connectivity index (χ2v) is 18.6. The number of ketones is 1. The van der Waals surface area contributed by atoms with E-state index < -0.39 is 5.97 Å². The first-order chi connectivity index (χ1) is 36.5. The lowest BCUT2D eigenvalue weighted by molar-refractivity contribution is -0.377. The first kappa shape index (κ1) is 62.6. The minimum absolute atomic E-state index is 0. The van der Waals surface area contributed by atoms with Crippen LogP contribution in [0, 0.1) is 23.2 Å². The number of rotatable bonds is 19. The molecule has 0 saturated heterocycles. The first-order valence-corrected chi connectivity index (χ1v) is 24.9. The van der Waals surface area contributed by atoms with Gasteiger partial charge in [-0.25, -0.2) is 19.7 Å². The van der Waals surface area contributed by atoms with Crippen LogP contribution in [0.4, 0.5) is 0 Å². The number of halogens is 4. The third-order valence-corrected chi connectivity index (χ3v) is 12.3. The van der Waals surface area contributed by atoms with Gasteiger partial charge >= 0.3 is 5.97 Å². The van der Waals surface area contributed by atoms with Crippen LogP contribution in [-0.4, -0.2) is 111 Å². The van der Waals surface area contributed by atoms with Crippen molar-refractivity contribution >= 4 is 58.2 Å². The van der Waals surface area contributed by atoms with E-state index >= 15 is 0 Å². The molecule has 3 aliphatic rings. The Morgan fingerprint density at radius 2 is 1.10 bits per heavy atom. The number of aromatic nitrogens is 6. The Balaban J connectivity index is 0.000000215. The number of carbonyl (C=O) groups is 2. The number of H-pyrrole nitrogens is 2. The van der Waals surface area contributed by atoms with E-state index in [0.29, 0.717) is 103 Å². The number of nitrogens with one attached hydrogen (secondary N) is 3. The number of carboxylic acid groups (broad SMARTS) is 1. The summed E-state index contributed by atoms with van der Waals surface area (Å²) in [5.41, 5.74) is 1.68. The smallest absolute Gasteiger partial charge is 0.354 e. The van der Waals surface area contributed by atoms with E-state index in [1.807, 2.05) is 0 Å². The van der Waals surface area contributed by atoms with Gasteiger partial charge in [-0.1, -0.05) is 46.4 Å². The van der Waals surface area contributed by atoms with Crippen LogP contribution in [0.25, 0.3) is 0 Å². The lowest BCUT2D eigenvalue weighted by Gasteiger charge is -2.11. The van der Waals surface area contributed by atoms with Gasteiger partial charge in [0.25, 0.3) is 0 Å². The second kappa shape index (κ2) is 31.3. The molecule has 0 aromatic carbocycles. The molecule has 0 amide bonds. The monoisotopic (exact) mass is 1150 g/mol. The SMILES string of the molecule is COc1c[nH]c(CO)cc1=O.COc1cnc(C(=O)Cc2c(Cl)c[nH+]cc2Cl)cc1OCC1CC1.COc1cnc(C(=O)O)cc1OCC1CC1.COc1cnc(CO)cc1OCC1CC1.N=c1c(Cl)cn(O)cc1Cl.[OH-]. The van der Waals surface area contributed by atoms with Gasteiger partial charge in [-0.15, -0.1) is 0 Å². The van der Waals surface area contributed by atoms with Gasteiger partial charge in [0.05, 0.1) is 114 Å². The number of aromatic amines is 2. The van der Waals surface area contributed by atoms with Gasteiger partial charge in [0.1, 0.15) is 15.7 Å². The molecule has 0 radical (unpaired) electrons. The molecule has 3 saturated carbocycles. The average molecular weight is 1150 g/mol. The summed E-state index contributed by atoms with van der Waals surface area (Å²) in [4.78, 5) is 51.7. The highest BCUT2D eigenvalue weighted by molar-refractivity contribution is 6.36. The van der Waals surface area contributed by atoms with Gasteiger partial charge in [-0.3, -0.25) is 20.0 Å². The predicted molar refractivity (Wildman–Crippen MR) is 280 cm³/mol. The van der Waals surface area contributed by atoms with Crippen molar-refractivity contribution in [1.29, 1.82) is 5.41 Å². The number of ether oxygens (including phenoxy) is 7. The molecule has 6 heterocycles. The zero-order valence-electron chi connectivity index (χ0n) is 42.3. The van der Waals surface area contributed by atoms with Crippen molar-refractivity contribution in [3.63, 3.8) is 0 Å². The molecule has 3 aliphatic carbocycles. The standard InChI is InChI=1S/C17H16Cl2N2O3.C11H13NO4.C11H15NO3.C7H9NO3.C5H4Cl2N2O.H2O/c1-23-17-8-21-14(5-16(17)24-9-10-2-3-10)15(22)4-11-12(18)6-20-7-13(11)19;1-15-10-5-12-8(11(13)14)4-9(10)16-6-7-2-3-7;1-14-11-5-12-9(6-13)4-10(11)15-7-8-2-3-8;1-11-7-3-8-5(4-9)2-6(7)10;6-3-1-9(10)2-4(7)5(3)8;/h5-8,10H,2-4,9H2,1H3;4-5,7H,2-3,6H2,1H3,(H,13,14);4-5,8,13H,2-3,6-7H2,1H3;2-3,9H,4H2,1H3,(H,8,10);1-2,8,10H;1H2. The number of hydrogen-bond donors (Lipinski definition) is 6. The van der Waals surface area contributed by atoms with Gasteiger partial charge in [0, 0.05) is 48.1 Å². The second-order valence-electron chi connectivity index (χ2n) is 17.0. The minimum Gasteiger partial charge on any atom is -0.870 e. The van der Waals surface area contributed by atoms with Crippen LogP contribution in [-0.2, 0) is 19.6 Å². The average Bonchev–Trinajstić information content (AvgIpc) is 4.26. The molecule has 26 heteroatoms. The van der Waals surface area contributed by atoms with Crippen LogP contribution < -0.4 is 48.9 Å². The lowest BCUT2D eigenvalue weighted by Crippen LogP contribution is -2.11. The summed E-state index contributed by atoms with van der Waals surface area (Å²) < 4.78 is 37.8. The van der Waals surface area contributed by atoms with Gasteiger partial charge in [-0.2, -0.15) is 4.73 Å². The van der Waals surface area contributed by atoms with Crippen LogP contribution in [0.2, 0.25) is 20.1 Å². The van der Waals surface area contributed by atoms with E-state index in [0.717, 1.165) is 6.61 Å². The number of hydrogen-bond acceptors (Lipinski definition) is 18. The number of carbonyl (C=O) groups excluding carboxylic acids is 1. The third-order valence-electron chi connectivity index (χ3n) is 11.0. The largest absolute Gasteiger partial charge is 0.870 e. The molecule has 0 aliphatic heterocycles. The minimum atomic E-state index is -1.07. The highest BCUT2D eigenvalue weighted by Crippen LogP contribution is 2.35. The normalized spacial score (nSPS) is 12.9. The molecule has 0 spiro atoms. The highest BCUT2D eigenvalue weighted by Gasteiger charge is 2.25. The van der Waals surface area contributed by atoms with Crippen molar-refractivity contribution in [3.8, 4) is 40.2 Å². The summed E-state index contributed by atoms with van der Waals surface area (Å²) in [7, 11) is 6.05. The summed E-state index contributed by atoms with van der Waals surface area (Å²) in [6, 6.07) is 6.03. The van der Waals surface area contributed by atoms with Crippen LogP contribution in [0.15, 0.2) is 78.6 Å². The van der Waals surface area contributed by atoms with E-state index in [1.165, 1.54) is 95.9 Å². The van der Waals surface area contributed by atoms with Crippen molar-refractivity contribution in [3.05, 3.63) is 138 Å². The van der Waals surface area contributed by atoms with Crippen molar-refractivity contribution in [2.45, 2.75) is 58.2 Å². The number of methoxy groups -OCH3 is 4. The molecule has 22 nitrogen and oxygen atoms in total. The zero-order valence-corrected chi connectivity index (χ0v) is 45.3. The topological polar surface area (TPSA) is 324 Å². The Bertz CT molecular complexity index is 2960. The van der Waals surface area contributed by atoms with E-state index in [2.05, 4.69) is 24.9 Å². The molecule has 77 heavy (non-hydrogen) atoms. The maximum atomic E-state index is 12.5. The van der Waals surface area contributed by atoms with E-state index in [-0.39, 0.29) is 63.2 Å². The van der Waals surface area contributed by atoms with E-state index in [9.17, 15) is 14.4 Å². The lowest BCUT2D eigenvalue weighted by atomic mass is 10.1. The molecular formula is C51H59Cl4N7O15. The van der Waals surface area contributed by atoms with Crippen LogP contribution in [0.3, 0.4) is 0 Å². The number of carboxylic acids is 1. The molecular weight excluding hydrogens is 1090 g/mol. The Labute approximate surface area is 462 Å². The van der Waals surface area contributed by atoms with Crippen LogP contribution in [0.5, 0.6) is 40.2 Å². The summed E-state index contributed by atoms with van der Waals surface area (Å²) in [5.74, 6) is 4.12. The molecule has 9 rings (SSSR count). The highest BCUT2D eigenvalue weighted by atomic mass is 35.5. The predicted octanol–water partition coefficient (Wildman–Crippen LogP) is 7.58. The summed E-state index contributed by atoms with van der Waals surface area (Å²) in [6.07, 6.45) is 18.7. The van der Waals surface area contributed by atoms with Crippen molar-refractivity contribution < 1.29 is 73.7 Å². The Kier molecular flexibility index (Phi) is 25.5. The number of Topliss-reactive ketones (excluding diaryl/α,β-unsaturated/α-hetero) is 1.